The van der Waals surface area contributed by atoms with E-state index < -0.39 is 0 Å². The van der Waals surface area contributed by atoms with Crippen molar-refractivity contribution in [2.75, 3.05) is 19.6 Å². The van der Waals surface area contributed by atoms with E-state index in [-0.39, 0.29) is 29.2 Å². The van der Waals surface area contributed by atoms with E-state index in [1.54, 1.807) is 0 Å². The minimum Gasteiger partial charge on any atom is -0.336 e. The van der Waals surface area contributed by atoms with Gasteiger partial charge in [0, 0.05) is 39.1 Å². The Balaban J connectivity index is 1.75. The van der Waals surface area contributed by atoms with Crippen LogP contribution in [0, 0.1) is 11.7 Å². The molecule has 0 spiro atoms. The van der Waals surface area contributed by atoms with Gasteiger partial charge >= 0.3 is 0 Å². The molecule has 0 bridgehead atoms. The van der Waals surface area contributed by atoms with Gasteiger partial charge in [-0.3, -0.25) is 19.6 Å². The molecule has 0 saturated carbocycles. The van der Waals surface area contributed by atoms with E-state index in [0.717, 1.165) is 25.1 Å². The molecule has 2 heterocycles. The molecule has 0 unspecified atom stereocenters. The summed E-state index contributed by atoms with van der Waals surface area (Å²) in [6, 6.07) is 8.31. The standard InChI is InChI=1S/C21H27FN4O2/c1-14(2)20-13-26(21(28)19-11-18(15(3)27)23-24-19)10-4-9-25(20)12-16-5-7-17(22)8-6-16/h5-8,11,14,20H,4,9-10,12-13H2,1-3H3,(H,23,24)/t20-/m0/s1. The number of amides is 1. The third kappa shape index (κ3) is 4.65. The number of carbonyl (C=O) groups is 2. The predicted molar refractivity (Wildman–Crippen MR) is 105 cm³/mol. The number of nitrogens with one attached hydrogen (secondary N) is 1. The molecular weight excluding hydrogens is 359 g/mol. The first-order valence-corrected chi connectivity index (χ1v) is 9.69. The number of ketones is 1. The number of aromatic amines is 1. The maximum absolute atomic E-state index is 13.2. The molecule has 1 aliphatic heterocycles. The first-order chi connectivity index (χ1) is 13.3. The molecule has 1 aliphatic rings. The van der Waals surface area contributed by atoms with E-state index in [1.807, 2.05) is 17.0 Å². The van der Waals surface area contributed by atoms with Crippen LogP contribution < -0.4 is 0 Å². The number of benzene rings is 1. The molecule has 0 radical (unpaired) electrons. The van der Waals surface area contributed by atoms with Crippen LogP contribution in [0.15, 0.2) is 30.3 Å². The van der Waals surface area contributed by atoms with Crippen LogP contribution in [0.4, 0.5) is 4.39 Å². The molecule has 0 aliphatic carbocycles. The summed E-state index contributed by atoms with van der Waals surface area (Å²) < 4.78 is 13.2. The van der Waals surface area contributed by atoms with E-state index in [9.17, 15) is 14.0 Å². The van der Waals surface area contributed by atoms with Crippen LogP contribution in [0.25, 0.3) is 0 Å². The molecule has 2 aromatic rings. The number of halogens is 1. The van der Waals surface area contributed by atoms with Gasteiger partial charge in [-0.15, -0.1) is 0 Å². The third-order valence-electron chi connectivity index (χ3n) is 5.27. The van der Waals surface area contributed by atoms with Gasteiger partial charge < -0.3 is 4.90 Å². The van der Waals surface area contributed by atoms with Crippen LogP contribution in [0.1, 0.15) is 53.7 Å². The number of rotatable bonds is 5. The first-order valence-electron chi connectivity index (χ1n) is 9.69. The van der Waals surface area contributed by atoms with Gasteiger partial charge in [-0.05, 0) is 36.1 Å². The summed E-state index contributed by atoms with van der Waals surface area (Å²) in [7, 11) is 0. The number of H-pyrrole nitrogens is 1. The second kappa shape index (κ2) is 8.65. The molecule has 150 valence electrons. The fraction of sp³-hybridized carbons (Fsp3) is 0.476. The monoisotopic (exact) mass is 386 g/mol. The molecule has 1 fully saturated rings. The smallest absolute Gasteiger partial charge is 0.271 e. The lowest BCUT2D eigenvalue weighted by atomic mass is 10.0. The van der Waals surface area contributed by atoms with Crippen molar-refractivity contribution in [1.29, 1.82) is 0 Å². The van der Waals surface area contributed by atoms with Crippen LogP contribution in [0.3, 0.4) is 0 Å². The Labute approximate surface area is 164 Å². The largest absolute Gasteiger partial charge is 0.336 e. The zero-order valence-electron chi connectivity index (χ0n) is 16.6. The lowest BCUT2D eigenvalue weighted by Gasteiger charge is -2.34. The van der Waals surface area contributed by atoms with Crippen molar-refractivity contribution in [2.24, 2.45) is 5.92 Å². The normalized spacial score (nSPS) is 18.3. The lowest BCUT2D eigenvalue weighted by molar-refractivity contribution is 0.0696. The number of Topliss-reactive ketones (excluding diaryl/α,β-unsaturated/α-hetero) is 1. The Morgan fingerprint density at radius 2 is 1.96 bits per heavy atom. The van der Waals surface area contributed by atoms with Gasteiger partial charge in [-0.1, -0.05) is 26.0 Å². The van der Waals surface area contributed by atoms with Crippen molar-refractivity contribution in [3.63, 3.8) is 0 Å². The zero-order chi connectivity index (χ0) is 20.3. The summed E-state index contributed by atoms with van der Waals surface area (Å²) >= 11 is 0. The molecule has 1 N–H and O–H groups in total. The van der Waals surface area contributed by atoms with Gasteiger partial charge in [0.15, 0.2) is 5.78 Å². The van der Waals surface area contributed by atoms with E-state index >= 15 is 0 Å². The highest BCUT2D eigenvalue weighted by molar-refractivity contribution is 5.97. The molecule has 1 saturated heterocycles. The van der Waals surface area contributed by atoms with Crippen LogP contribution in [0.5, 0.6) is 0 Å². The van der Waals surface area contributed by atoms with Crippen molar-refractivity contribution in [1.82, 2.24) is 20.0 Å². The van der Waals surface area contributed by atoms with Crippen molar-refractivity contribution in [2.45, 2.75) is 39.8 Å². The van der Waals surface area contributed by atoms with Crippen molar-refractivity contribution < 1.29 is 14.0 Å². The summed E-state index contributed by atoms with van der Waals surface area (Å²) in [5.41, 5.74) is 1.68. The fourth-order valence-corrected chi connectivity index (χ4v) is 3.68. The summed E-state index contributed by atoms with van der Waals surface area (Å²) in [4.78, 5) is 28.6. The molecule has 1 atom stereocenters. The Bertz CT molecular complexity index is 831. The Morgan fingerprint density at radius 1 is 1.25 bits per heavy atom. The van der Waals surface area contributed by atoms with Gasteiger partial charge in [0.2, 0.25) is 0 Å². The second-order valence-electron chi connectivity index (χ2n) is 7.74. The second-order valence-corrected chi connectivity index (χ2v) is 7.74. The van der Waals surface area contributed by atoms with Crippen molar-refractivity contribution in [3.8, 4) is 0 Å². The molecule has 1 amide bonds. The SMILES string of the molecule is CC(=O)c1cc(C(=O)N2CCCN(Cc3ccc(F)cc3)[C@H](C(C)C)C2)[nH]n1. The van der Waals surface area contributed by atoms with Gasteiger partial charge in [-0.25, -0.2) is 4.39 Å². The van der Waals surface area contributed by atoms with Gasteiger partial charge in [0.25, 0.3) is 5.91 Å². The van der Waals surface area contributed by atoms with E-state index in [2.05, 4.69) is 28.9 Å². The number of nitrogens with zero attached hydrogens (tertiary/aromatic N) is 3. The number of aromatic nitrogens is 2. The van der Waals surface area contributed by atoms with Gasteiger partial charge in [0.05, 0.1) is 0 Å². The van der Waals surface area contributed by atoms with Gasteiger partial charge in [-0.2, -0.15) is 5.10 Å². The lowest BCUT2D eigenvalue weighted by Crippen LogP contribution is -2.45. The summed E-state index contributed by atoms with van der Waals surface area (Å²) in [6.07, 6.45) is 0.851. The van der Waals surface area contributed by atoms with Crippen LogP contribution in [-0.4, -0.2) is 57.4 Å². The minimum atomic E-state index is -0.235. The topological polar surface area (TPSA) is 69.3 Å². The third-order valence-corrected chi connectivity index (χ3v) is 5.27. The predicted octanol–water partition coefficient (Wildman–Crippen LogP) is 3.12. The van der Waals surface area contributed by atoms with Gasteiger partial charge in [0.1, 0.15) is 17.2 Å². The minimum absolute atomic E-state index is 0.130. The highest BCUT2D eigenvalue weighted by atomic mass is 19.1. The number of hydrogen-bond donors (Lipinski definition) is 1. The molecule has 1 aromatic carbocycles. The summed E-state index contributed by atoms with van der Waals surface area (Å²) in [6.45, 7) is 8.58. The average molecular weight is 386 g/mol. The maximum Gasteiger partial charge on any atom is 0.271 e. The Morgan fingerprint density at radius 3 is 2.57 bits per heavy atom. The summed E-state index contributed by atoms with van der Waals surface area (Å²) in [5, 5.41) is 6.62. The van der Waals surface area contributed by atoms with Crippen molar-refractivity contribution in [3.05, 3.63) is 53.1 Å². The maximum atomic E-state index is 13.2. The first kappa shape index (κ1) is 20.2. The Kier molecular flexibility index (Phi) is 6.24. The fourth-order valence-electron chi connectivity index (χ4n) is 3.68. The molecule has 3 rings (SSSR count). The molecule has 7 heteroatoms. The highest BCUT2D eigenvalue weighted by Gasteiger charge is 2.30. The Hall–Kier alpha value is -2.54. The van der Waals surface area contributed by atoms with Crippen molar-refractivity contribution >= 4 is 11.7 Å². The molecule has 6 nitrogen and oxygen atoms in total. The number of hydrogen-bond acceptors (Lipinski definition) is 4. The highest BCUT2D eigenvalue weighted by Crippen LogP contribution is 2.21. The molecule has 1 aromatic heterocycles. The van der Waals surface area contributed by atoms with E-state index in [1.165, 1.54) is 25.1 Å². The average Bonchev–Trinajstić information content (AvgIpc) is 3.06. The molecular formula is C21H27FN4O2. The summed E-state index contributed by atoms with van der Waals surface area (Å²) in [5.74, 6) is -0.185. The van der Waals surface area contributed by atoms with Crippen LogP contribution >= 0.6 is 0 Å². The van der Waals surface area contributed by atoms with E-state index in [0.29, 0.717) is 24.7 Å². The van der Waals surface area contributed by atoms with E-state index in [4.69, 9.17) is 0 Å². The van der Waals surface area contributed by atoms with Crippen LogP contribution in [0.2, 0.25) is 0 Å². The quantitative estimate of drug-likeness (QED) is 0.802. The number of carbonyl (C=O) groups excluding carboxylic acids is 2. The molecule has 28 heavy (non-hydrogen) atoms. The van der Waals surface area contributed by atoms with Crippen LogP contribution in [-0.2, 0) is 6.54 Å². The zero-order valence-corrected chi connectivity index (χ0v) is 16.6.